The Hall–Kier alpha value is -1.27. The molecule has 100 valence electrons. The summed E-state index contributed by atoms with van der Waals surface area (Å²) in [7, 11) is 0. The second kappa shape index (κ2) is 7.94. The maximum absolute atomic E-state index is 12.6. The molecule has 0 saturated heterocycles. The monoisotopic (exact) mass is 273 g/mol. The first-order valence-electron chi connectivity index (χ1n) is 5.54. The molecule has 1 unspecified atom stereocenters. The van der Waals surface area contributed by atoms with E-state index in [1.165, 1.54) is 23.9 Å². The highest BCUT2D eigenvalue weighted by atomic mass is 32.2. The molecular formula is C12H16FNO3S. The zero-order valence-corrected chi connectivity index (χ0v) is 10.7. The average molecular weight is 273 g/mol. The molecule has 6 heteroatoms. The molecule has 0 aliphatic carbocycles. The van der Waals surface area contributed by atoms with Crippen LogP contribution in [0.15, 0.2) is 24.3 Å². The van der Waals surface area contributed by atoms with Gasteiger partial charge < -0.3 is 15.6 Å². The molecule has 1 rings (SSSR count). The molecule has 4 nitrogen and oxygen atoms in total. The summed E-state index contributed by atoms with van der Waals surface area (Å²) >= 11 is 1.48. The third-order valence-corrected chi connectivity index (χ3v) is 3.30. The van der Waals surface area contributed by atoms with E-state index in [-0.39, 0.29) is 5.82 Å². The molecule has 0 amide bonds. The van der Waals surface area contributed by atoms with Crippen LogP contribution in [-0.2, 0) is 4.79 Å². The number of ether oxygens (including phenoxy) is 1. The first-order valence-corrected chi connectivity index (χ1v) is 6.69. The van der Waals surface area contributed by atoms with Crippen LogP contribution in [0.5, 0.6) is 5.75 Å². The van der Waals surface area contributed by atoms with Gasteiger partial charge in [-0.3, -0.25) is 4.79 Å². The van der Waals surface area contributed by atoms with Gasteiger partial charge in [-0.15, -0.1) is 0 Å². The highest BCUT2D eigenvalue weighted by molar-refractivity contribution is 7.99. The smallest absolute Gasteiger partial charge is 0.321 e. The number of halogens is 1. The van der Waals surface area contributed by atoms with Gasteiger partial charge in [-0.05, 0) is 36.4 Å². The van der Waals surface area contributed by atoms with Gasteiger partial charge in [0.25, 0.3) is 0 Å². The van der Waals surface area contributed by atoms with E-state index in [1.807, 2.05) is 0 Å². The summed E-state index contributed by atoms with van der Waals surface area (Å²) in [6, 6.07) is 5.02. The molecule has 0 heterocycles. The van der Waals surface area contributed by atoms with Crippen LogP contribution in [0.4, 0.5) is 4.39 Å². The summed E-state index contributed by atoms with van der Waals surface area (Å²) in [6.45, 7) is 0.515. The highest BCUT2D eigenvalue weighted by Gasteiger charge is 2.10. The first kappa shape index (κ1) is 14.8. The number of hydrogen-bond donors (Lipinski definition) is 2. The van der Waals surface area contributed by atoms with Crippen molar-refractivity contribution < 1.29 is 19.0 Å². The standard InChI is InChI=1S/C12H16FNO3S/c13-9-2-4-10(5-3-9)17-6-1-7-18-8-11(14)12(15)16/h2-5,11H,1,6-8,14H2,(H,15,16). The molecule has 0 saturated carbocycles. The van der Waals surface area contributed by atoms with Gasteiger partial charge in [-0.25, -0.2) is 4.39 Å². The molecule has 0 spiro atoms. The van der Waals surface area contributed by atoms with Gasteiger partial charge in [-0.2, -0.15) is 11.8 Å². The van der Waals surface area contributed by atoms with Crippen LogP contribution in [0, 0.1) is 5.82 Å². The van der Waals surface area contributed by atoms with E-state index in [9.17, 15) is 9.18 Å². The van der Waals surface area contributed by atoms with Gasteiger partial charge in [0.15, 0.2) is 0 Å². The van der Waals surface area contributed by atoms with Crippen molar-refractivity contribution in [3.8, 4) is 5.75 Å². The minimum atomic E-state index is -0.981. The number of carboxylic acid groups (broad SMARTS) is 1. The van der Waals surface area contributed by atoms with Gasteiger partial charge in [0.1, 0.15) is 17.6 Å². The van der Waals surface area contributed by atoms with Crippen molar-refractivity contribution in [1.29, 1.82) is 0 Å². The van der Waals surface area contributed by atoms with Crippen LogP contribution in [0.3, 0.4) is 0 Å². The molecular weight excluding hydrogens is 257 g/mol. The van der Waals surface area contributed by atoms with E-state index >= 15 is 0 Å². The molecule has 0 radical (unpaired) electrons. The summed E-state index contributed by atoms with van der Waals surface area (Å²) in [5, 5.41) is 8.56. The van der Waals surface area contributed by atoms with Crippen molar-refractivity contribution in [2.45, 2.75) is 12.5 Å². The summed E-state index contributed by atoms with van der Waals surface area (Å²) < 4.78 is 18.0. The Labute approximate surface area is 109 Å². The predicted octanol–water partition coefficient (Wildman–Crippen LogP) is 1.74. The molecule has 1 atom stereocenters. The number of thioether (sulfide) groups is 1. The largest absolute Gasteiger partial charge is 0.494 e. The quantitative estimate of drug-likeness (QED) is 0.706. The number of carboxylic acids is 1. The van der Waals surface area contributed by atoms with Crippen LogP contribution >= 0.6 is 11.8 Å². The van der Waals surface area contributed by atoms with Gasteiger partial charge in [0.05, 0.1) is 6.61 Å². The highest BCUT2D eigenvalue weighted by Crippen LogP contribution is 2.12. The van der Waals surface area contributed by atoms with Crippen molar-refractivity contribution >= 4 is 17.7 Å². The number of benzene rings is 1. The molecule has 18 heavy (non-hydrogen) atoms. The van der Waals surface area contributed by atoms with E-state index < -0.39 is 12.0 Å². The number of aliphatic carboxylic acids is 1. The lowest BCUT2D eigenvalue weighted by Gasteiger charge is -2.07. The van der Waals surface area contributed by atoms with Gasteiger partial charge in [0.2, 0.25) is 0 Å². The lowest BCUT2D eigenvalue weighted by molar-refractivity contribution is -0.137. The Bertz CT molecular complexity index is 372. The third-order valence-electron chi connectivity index (χ3n) is 2.13. The SMILES string of the molecule is NC(CSCCCOc1ccc(F)cc1)C(=O)O. The van der Waals surface area contributed by atoms with Crippen LogP contribution in [0.2, 0.25) is 0 Å². The lowest BCUT2D eigenvalue weighted by atomic mass is 10.3. The Balaban J connectivity index is 2.05. The summed E-state index contributed by atoms with van der Waals surface area (Å²) in [5.74, 6) is 0.530. The van der Waals surface area contributed by atoms with Crippen molar-refractivity contribution in [3.63, 3.8) is 0 Å². The average Bonchev–Trinajstić information content (AvgIpc) is 2.35. The molecule has 1 aromatic rings. The fourth-order valence-electron chi connectivity index (χ4n) is 1.16. The van der Waals surface area contributed by atoms with Crippen molar-refractivity contribution in [2.75, 3.05) is 18.1 Å². The maximum atomic E-state index is 12.6. The van der Waals surface area contributed by atoms with E-state index in [0.717, 1.165) is 12.2 Å². The Kier molecular flexibility index (Phi) is 6.53. The van der Waals surface area contributed by atoms with Crippen LogP contribution in [-0.4, -0.2) is 35.2 Å². The van der Waals surface area contributed by atoms with Crippen LogP contribution in [0.25, 0.3) is 0 Å². The Morgan fingerprint density at radius 2 is 2.11 bits per heavy atom. The topological polar surface area (TPSA) is 72.5 Å². The Morgan fingerprint density at radius 3 is 2.72 bits per heavy atom. The van der Waals surface area contributed by atoms with Gasteiger partial charge in [0, 0.05) is 5.75 Å². The summed E-state index contributed by atoms with van der Waals surface area (Å²) in [6.07, 6.45) is 0.786. The predicted molar refractivity (Wildman–Crippen MR) is 69.4 cm³/mol. The van der Waals surface area contributed by atoms with E-state index in [1.54, 1.807) is 12.1 Å². The second-order valence-corrected chi connectivity index (χ2v) is 4.83. The maximum Gasteiger partial charge on any atom is 0.321 e. The summed E-state index contributed by atoms with van der Waals surface area (Å²) in [5.41, 5.74) is 5.35. The van der Waals surface area contributed by atoms with Crippen molar-refractivity contribution in [1.82, 2.24) is 0 Å². The minimum Gasteiger partial charge on any atom is -0.494 e. The van der Waals surface area contributed by atoms with Crippen molar-refractivity contribution in [2.24, 2.45) is 5.73 Å². The van der Waals surface area contributed by atoms with E-state index in [2.05, 4.69) is 0 Å². The number of hydrogen-bond acceptors (Lipinski definition) is 4. The third kappa shape index (κ3) is 5.88. The molecule has 0 fully saturated rings. The minimum absolute atomic E-state index is 0.291. The van der Waals surface area contributed by atoms with E-state index in [4.69, 9.17) is 15.6 Å². The molecule has 0 aliphatic heterocycles. The fourth-order valence-corrected chi connectivity index (χ4v) is 2.05. The lowest BCUT2D eigenvalue weighted by Crippen LogP contribution is -2.32. The molecule has 3 N–H and O–H groups in total. The molecule has 1 aromatic carbocycles. The second-order valence-electron chi connectivity index (χ2n) is 3.68. The summed E-state index contributed by atoms with van der Waals surface area (Å²) in [4.78, 5) is 10.4. The molecule has 0 aliphatic rings. The normalized spacial score (nSPS) is 12.1. The Morgan fingerprint density at radius 1 is 1.44 bits per heavy atom. The molecule has 0 bridgehead atoms. The fraction of sp³-hybridized carbons (Fsp3) is 0.417. The zero-order valence-electron chi connectivity index (χ0n) is 9.84. The van der Waals surface area contributed by atoms with Gasteiger partial charge >= 0.3 is 5.97 Å². The zero-order chi connectivity index (χ0) is 13.4. The number of nitrogens with two attached hydrogens (primary N) is 1. The van der Waals surface area contributed by atoms with Gasteiger partial charge in [-0.1, -0.05) is 0 Å². The van der Waals surface area contributed by atoms with Crippen molar-refractivity contribution in [3.05, 3.63) is 30.1 Å². The first-order chi connectivity index (χ1) is 8.59. The van der Waals surface area contributed by atoms with E-state index in [0.29, 0.717) is 18.1 Å². The molecule has 0 aromatic heterocycles. The van der Waals surface area contributed by atoms with Crippen LogP contribution < -0.4 is 10.5 Å². The number of rotatable bonds is 8. The number of carbonyl (C=O) groups is 1. The van der Waals surface area contributed by atoms with Crippen LogP contribution in [0.1, 0.15) is 6.42 Å².